The molecule has 1 aliphatic carbocycles. The molecule has 12 heavy (non-hydrogen) atoms. The molecule has 0 heterocycles. The van der Waals surface area contributed by atoms with E-state index in [1.807, 2.05) is 0 Å². The lowest BCUT2D eigenvalue weighted by Gasteiger charge is -2.13. The van der Waals surface area contributed by atoms with E-state index in [0.717, 1.165) is 12.8 Å². The Morgan fingerprint density at radius 3 is 2.58 bits per heavy atom. The maximum atomic E-state index is 11.2. The predicted octanol–water partition coefficient (Wildman–Crippen LogP) is 0.182. The van der Waals surface area contributed by atoms with E-state index < -0.39 is 15.8 Å². The van der Waals surface area contributed by atoms with Gasteiger partial charge in [-0.15, -0.1) is 0 Å². The Morgan fingerprint density at radius 1 is 1.58 bits per heavy atom. The van der Waals surface area contributed by atoms with Gasteiger partial charge in [-0.05, 0) is 18.8 Å². The van der Waals surface area contributed by atoms with Crippen LogP contribution in [0, 0.1) is 17.2 Å². The number of rotatable bonds is 4. The summed E-state index contributed by atoms with van der Waals surface area (Å²) in [6, 6.07) is 1.65. The van der Waals surface area contributed by atoms with E-state index >= 15 is 0 Å². The second kappa shape index (κ2) is 3.42. The molecule has 1 aliphatic rings. The fraction of sp³-hybridized carbons (Fsp3) is 0.857. The zero-order valence-corrected chi connectivity index (χ0v) is 7.84. The first-order valence-corrected chi connectivity index (χ1v) is 5.48. The smallest absolute Gasteiger partial charge is 0.211 e. The molecule has 0 aliphatic heterocycles. The van der Waals surface area contributed by atoms with Crippen LogP contribution in [0.2, 0.25) is 0 Å². The second-order valence-electron chi connectivity index (χ2n) is 3.14. The van der Waals surface area contributed by atoms with E-state index in [2.05, 4.69) is 0 Å². The van der Waals surface area contributed by atoms with Crippen molar-refractivity contribution in [3.05, 3.63) is 0 Å². The Bertz CT molecular complexity index is 287. The summed E-state index contributed by atoms with van der Waals surface area (Å²) in [7, 11) is -1.76. The van der Waals surface area contributed by atoms with E-state index in [9.17, 15) is 8.42 Å². The van der Waals surface area contributed by atoms with Crippen molar-refractivity contribution in [2.45, 2.75) is 12.8 Å². The topological polar surface area (TPSA) is 61.2 Å². The van der Waals surface area contributed by atoms with E-state index in [1.165, 1.54) is 11.4 Å². The molecule has 0 unspecified atom stereocenters. The average Bonchev–Trinajstić information content (AvgIpc) is 2.71. The minimum absolute atomic E-state index is 0.407. The number of sulfonamides is 1. The molecule has 0 amide bonds. The van der Waals surface area contributed by atoms with Gasteiger partial charge in [-0.2, -0.15) is 5.26 Å². The molecule has 68 valence electrons. The van der Waals surface area contributed by atoms with E-state index in [-0.39, 0.29) is 0 Å². The quantitative estimate of drug-likeness (QED) is 0.632. The second-order valence-corrected chi connectivity index (χ2v) is 5.21. The van der Waals surface area contributed by atoms with Crippen LogP contribution in [0.25, 0.3) is 0 Å². The van der Waals surface area contributed by atoms with Crippen molar-refractivity contribution in [3.8, 4) is 6.07 Å². The van der Waals surface area contributed by atoms with Crippen molar-refractivity contribution < 1.29 is 8.42 Å². The third kappa shape index (κ3) is 2.47. The molecule has 0 atom stereocenters. The Balaban J connectivity index is 2.49. The summed E-state index contributed by atoms with van der Waals surface area (Å²) < 4.78 is 23.7. The largest absolute Gasteiger partial charge is 0.227 e. The molecule has 0 spiro atoms. The Labute approximate surface area is 72.8 Å². The minimum Gasteiger partial charge on any atom is -0.211 e. The molecular weight excluding hydrogens is 176 g/mol. The van der Waals surface area contributed by atoms with Crippen molar-refractivity contribution in [2.24, 2.45) is 5.92 Å². The number of hydrogen-bond donors (Lipinski definition) is 0. The Kier molecular flexibility index (Phi) is 2.70. The summed E-state index contributed by atoms with van der Waals surface area (Å²) in [5.74, 6) is 0.124. The van der Waals surface area contributed by atoms with Gasteiger partial charge in [0.15, 0.2) is 5.75 Å². The molecule has 5 heteroatoms. The molecule has 1 fully saturated rings. The molecular formula is C7H12N2O2S. The summed E-state index contributed by atoms with van der Waals surface area (Å²) >= 11 is 0. The molecule has 4 nitrogen and oxygen atoms in total. The van der Waals surface area contributed by atoms with Gasteiger partial charge in [-0.3, -0.25) is 0 Å². The van der Waals surface area contributed by atoms with Crippen LogP contribution in [0.1, 0.15) is 12.8 Å². The molecule has 0 bridgehead atoms. The first kappa shape index (κ1) is 9.49. The van der Waals surface area contributed by atoms with Crippen LogP contribution in [-0.2, 0) is 10.0 Å². The molecule has 0 radical (unpaired) electrons. The lowest BCUT2D eigenvalue weighted by atomic mass is 10.4. The van der Waals surface area contributed by atoms with Crippen molar-refractivity contribution in [1.82, 2.24) is 4.31 Å². The van der Waals surface area contributed by atoms with Crippen LogP contribution in [-0.4, -0.2) is 32.1 Å². The third-order valence-corrected chi connectivity index (χ3v) is 3.53. The molecule has 0 N–H and O–H groups in total. The average molecular weight is 188 g/mol. The van der Waals surface area contributed by atoms with Gasteiger partial charge < -0.3 is 0 Å². The summed E-state index contributed by atoms with van der Waals surface area (Å²) in [6.07, 6.45) is 2.23. The highest BCUT2D eigenvalue weighted by Crippen LogP contribution is 2.29. The molecule has 0 aromatic rings. The van der Waals surface area contributed by atoms with Gasteiger partial charge >= 0.3 is 0 Å². The van der Waals surface area contributed by atoms with Crippen molar-refractivity contribution in [2.75, 3.05) is 19.3 Å². The first-order valence-electron chi connectivity index (χ1n) is 3.87. The lowest BCUT2D eigenvalue weighted by molar-refractivity contribution is 0.455. The van der Waals surface area contributed by atoms with Crippen molar-refractivity contribution in [1.29, 1.82) is 5.26 Å². The number of hydrogen-bond acceptors (Lipinski definition) is 3. The van der Waals surface area contributed by atoms with Gasteiger partial charge in [-0.25, -0.2) is 12.7 Å². The van der Waals surface area contributed by atoms with Gasteiger partial charge in [0.05, 0.1) is 6.07 Å². The van der Waals surface area contributed by atoms with Gasteiger partial charge in [0.2, 0.25) is 10.0 Å². The normalized spacial score (nSPS) is 17.8. The first-order chi connectivity index (χ1) is 5.56. The third-order valence-electron chi connectivity index (χ3n) is 1.93. The summed E-state index contributed by atoms with van der Waals surface area (Å²) in [5, 5.41) is 8.24. The van der Waals surface area contributed by atoms with Gasteiger partial charge in [-0.1, -0.05) is 0 Å². The number of nitrogens with zero attached hydrogens (tertiary/aromatic N) is 2. The predicted molar refractivity (Wildman–Crippen MR) is 44.8 cm³/mol. The zero-order valence-electron chi connectivity index (χ0n) is 7.02. The maximum absolute atomic E-state index is 11.2. The van der Waals surface area contributed by atoms with E-state index in [1.54, 1.807) is 6.07 Å². The fourth-order valence-corrected chi connectivity index (χ4v) is 1.79. The highest BCUT2D eigenvalue weighted by atomic mass is 32.2. The minimum atomic E-state index is -3.29. The zero-order chi connectivity index (χ0) is 9.19. The standard InChI is InChI=1S/C7H12N2O2S/c1-9(6-7-2-3-7)12(10,11)5-4-8/h7H,2-3,5-6H2,1H3. The van der Waals surface area contributed by atoms with E-state index in [4.69, 9.17) is 5.26 Å². The Hall–Kier alpha value is -0.600. The highest BCUT2D eigenvalue weighted by Gasteiger charge is 2.27. The molecule has 1 rings (SSSR count). The van der Waals surface area contributed by atoms with Gasteiger partial charge in [0.1, 0.15) is 0 Å². The lowest BCUT2D eigenvalue weighted by Crippen LogP contribution is -2.30. The highest BCUT2D eigenvalue weighted by molar-refractivity contribution is 7.89. The fourth-order valence-electron chi connectivity index (χ4n) is 0.969. The summed E-state index contributed by atoms with van der Waals surface area (Å²) in [4.78, 5) is 0. The van der Waals surface area contributed by atoms with Crippen LogP contribution in [0.15, 0.2) is 0 Å². The summed E-state index contributed by atoms with van der Waals surface area (Å²) in [5.41, 5.74) is 0. The SMILES string of the molecule is CN(CC1CC1)S(=O)(=O)CC#N. The van der Waals surface area contributed by atoms with Crippen LogP contribution >= 0.6 is 0 Å². The molecule has 0 aromatic carbocycles. The van der Waals surface area contributed by atoms with Gasteiger partial charge in [0, 0.05) is 13.6 Å². The van der Waals surface area contributed by atoms with E-state index in [0.29, 0.717) is 12.5 Å². The molecule has 0 saturated heterocycles. The molecule has 1 saturated carbocycles. The van der Waals surface area contributed by atoms with Gasteiger partial charge in [0.25, 0.3) is 0 Å². The van der Waals surface area contributed by atoms with Crippen LogP contribution in [0.4, 0.5) is 0 Å². The van der Waals surface area contributed by atoms with Crippen LogP contribution in [0.5, 0.6) is 0 Å². The number of nitriles is 1. The van der Waals surface area contributed by atoms with Crippen molar-refractivity contribution >= 4 is 10.0 Å². The monoisotopic (exact) mass is 188 g/mol. The van der Waals surface area contributed by atoms with Crippen molar-refractivity contribution in [3.63, 3.8) is 0 Å². The summed E-state index contributed by atoms with van der Waals surface area (Å²) in [6.45, 7) is 0.573. The van der Waals surface area contributed by atoms with Crippen LogP contribution in [0.3, 0.4) is 0 Å². The molecule has 0 aromatic heterocycles. The maximum Gasteiger partial charge on any atom is 0.227 e. The van der Waals surface area contributed by atoms with Crippen LogP contribution < -0.4 is 0 Å². The Morgan fingerprint density at radius 2 is 2.17 bits per heavy atom.